The summed E-state index contributed by atoms with van der Waals surface area (Å²) in [6, 6.07) is 15.5. The van der Waals surface area contributed by atoms with E-state index in [0.717, 1.165) is 12.0 Å². The van der Waals surface area contributed by atoms with Crippen LogP contribution in [0, 0.1) is 5.92 Å². The van der Waals surface area contributed by atoms with Crippen LogP contribution in [0.3, 0.4) is 0 Å². The van der Waals surface area contributed by atoms with Crippen LogP contribution in [0.5, 0.6) is 0 Å². The van der Waals surface area contributed by atoms with Gasteiger partial charge in [-0.1, -0.05) is 59.6 Å². The van der Waals surface area contributed by atoms with Crippen molar-refractivity contribution >= 4 is 34.8 Å². The van der Waals surface area contributed by atoms with Crippen LogP contribution in [0.1, 0.15) is 23.5 Å². The maximum atomic E-state index is 12.4. The molecule has 4 rings (SSSR count). The Morgan fingerprint density at radius 2 is 1.85 bits per heavy atom. The van der Waals surface area contributed by atoms with E-state index in [1.807, 2.05) is 24.3 Å². The third-order valence-corrected chi connectivity index (χ3v) is 5.35. The molecule has 1 aromatic heterocycles. The molecule has 0 spiro atoms. The molecule has 3 aromatic rings. The Bertz CT molecular complexity index is 919. The van der Waals surface area contributed by atoms with Gasteiger partial charge >= 0.3 is 0 Å². The number of anilines is 1. The van der Waals surface area contributed by atoms with Gasteiger partial charge in [-0.25, -0.2) is 0 Å². The molecule has 0 unspecified atom stereocenters. The summed E-state index contributed by atoms with van der Waals surface area (Å²) < 4.78 is 1.71. The zero-order valence-corrected chi connectivity index (χ0v) is 15.4. The van der Waals surface area contributed by atoms with E-state index in [-0.39, 0.29) is 11.8 Å². The summed E-state index contributed by atoms with van der Waals surface area (Å²) >= 11 is 12.4. The molecule has 6 heteroatoms. The van der Waals surface area contributed by atoms with Crippen molar-refractivity contribution in [2.24, 2.45) is 5.92 Å². The molecule has 0 aliphatic heterocycles. The summed E-state index contributed by atoms with van der Waals surface area (Å²) in [5.41, 5.74) is 2.71. The summed E-state index contributed by atoms with van der Waals surface area (Å²) in [5.74, 6) is 0.376. The average molecular weight is 386 g/mol. The third kappa shape index (κ3) is 3.62. The summed E-state index contributed by atoms with van der Waals surface area (Å²) in [4.78, 5) is 12.4. The predicted octanol–water partition coefficient (Wildman–Crippen LogP) is 4.98. The summed E-state index contributed by atoms with van der Waals surface area (Å²) in [6.45, 7) is 0.449. The minimum atomic E-state index is 0.0266. The molecular weight excluding hydrogens is 369 g/mol. The Balaban J connectivity index is 1.39. The van der Waals surface area contributed by atoms with Crippen LogP contribution in [-0.2, 0) is 11.3 Å². The molecule has 1 saturated carbocycles. The van der Waals surface area contributed by atoms with E-state index >= 15 is 0 Å². The summed E-state index contributed by atoms with van der Waals surface area (Å²) in [7, 11) is 0. The number of halogens is 2. The Hall–Kier alpha value is -2.30. The second-order valence-corrected chi connectivity index (χ2v) is 7.29. The van der Waals surface area contributed by atoms with Gasteiger partial charge in [-0.2, -0.15) is 5.10 Å². The Morgan fingerprint density at radius 3 is 2.58 bits per heavy atom. The van der Waals surface area contributed by atoms with Crippen LogP contribution >= 0.6 is 23.2 Å². The van der Waals surface area contributed by atoms with Crippen molar-refractivity contribution in [1.29, 1.82) is 0 Å². The Labute approximate surface area is 161 Å². The van der Waals surface area contributed by atoms with E-state index < -0.39 is 0 Å². The smallest absolute Gasteiger partial charge is 0.228 e. The van der Waals surface area contributed by atoms with Gasteiger partial charge in [0.15, 0.2) is 0 Å². The van der Waals surface area contributed by atoms with Gasteiger partial charge in [0, 0.05) is 27.7 Å². The summed E-state index contributed by atoms with van der Waals surface area (Å²) in [5, 5.41) is 8.44. The molecule has 0 bridgehead atoms. The number of rotatable bonds is 5. The van der Waals surface area contributed by atoms with Crippen molar-refractivity contribution in [2.75, 3.05) is 5.32 Å². The molecule has 1 heterocycles. The fourth-order valence-electron chi connectivity index (χ4n) is 3.15. The van der Waals surface area contributed by atoms with Crippen LogP contribution in [0.15, 0.2) is 60.9 Å². The van der Waals surface area contributed by atoms with Crippen molar-refractivity contribution in [3.63, 3.8) is 0 Å². The summed E-state index contributed by atoms with van der Waals surface area (Å²) in [6.07, 6.45) is 4.32. The van der Waals surface area contributed by atoms with E-state index in [2.05, 4.69) is 22.5 Å². The van der Waals surface area contributed by atoms with E-state index in [1.54, 1.807) is 29.2 Å². The van der Waals surface area contributed by atoms with E-state index in [9.17, 15) is 4.79 Å². The number of hydrogen-bond acceptors (Lipinski definition) is 2. The lowest BCUT2D eigenvalue weighted by Gasteiger charge is -2.06. The second kappa shape index (κ2) is 7.14. The predicted molar refractivity (Wildman–Crippen MR) is 104 cm³/mol. The number of carbonyl (C=O) groups is 1. The molecule has 26 heavy (non-hydrogen) atoms. The molecule has 1 fully saturated rings. The van der Waals surface area contributed by atoms with Crippen LogP contribution < -0.4 is 5.32 Å². The standard InChI is InChI=1S/C20H17Cl2N3O/c21-18-7-4-8-19(22)17(18)12-25-11-14(10-23-25)24-20(26)16-9-15(16)13-5-2-1-3-6-13/h1-8,10-11,15-16H,9,12H2,(H,24,26)/t15-,16+/m0/s1. The second-order valence-electron chi connectivity index (χ2n) is 6.48. The van der Waals surface area contributed by atoms with Gasteiger partial charge in [0.1, 0.15) is 0 Å². The highest BCUT2D eigenvalue weighted by molar-refractivity contribution is 6.35. The van der Waals surface area contributed by atoms with Crippen molar-refractivity contribution in [2.45, 2.75) is 18.9 Å². The van der Waals surface area contributed by atoms with E-state index in [0.29, 0.717) is 28.2 Å². The molecule has 1 N–H and O–H groups in total. The maximum Gasteiger partial charge on any atom is 0.228 e. The highest BCUT2D eigenvalue weighted by Crippen LogP contribution is 2.47. The third-order valence-electron chi connectivity index (χ3n) is 4.64. The zero-order chi connectivity index (χ0) is 18.1. The Morgan fingerprint density at radius 1 is 1.12 bits per heavy atom. The zero-order valence-electron chi connectivity index (χ0n) is 13.9. The van der Waals surface area contributed by atoms with Gasteiger partial charge in [-0.05, 0) is 30.0 Å². The van der Waals surface area contributed by atoms with E-state index in [4.69, 9.17) is 23.2 Å². The fourth-order valence-corrected chi connectivity index (χ4v) is 3.67. The highest BCUT2D eigenvalue weighted by atomic mass is 35.5. The topological polar surface area (TPSA) is 46.9 Å². The van der Waals surface area contributed by atoms with Crippen molar-refractivity contribution in [3.05, 3.63) is 82.1 Å². The van der Waals surface area contributed by atoms with Crippen molar-refractivity contribution < 1.29 is 4.79 Å². The first-order valence-corrected chi connectivity index (χ1v) is 9.18. The van der Waals surface area contributed by atoms with Crippen molar-refractivity contribution in [1.82, 2.24) is 9.78 Å². The molecular formula is C20H17Cl2N3O. The molecule has 0 saturated heterocycles. The number of benzene rings is 2. The minimum absolute atomic E-state index is 0.0266. The largest absolute Gasteiger partial charge is 0.323 e. The first-order chi connectivity index (χ1) is 12.6. The highest BCUT2D eigenvalue weighted by Gasteiger charge is 2.43. The quantitative estimate of drug-likeness (QED) is 0.672. The first kappa shape index (κ1) is 17.1. The average Bonchev–Trinajstić information content (AvgIpc) is 3.33. The van der Waals surface area contributed by atoms with Crippen LogP contribution in [0.2, 0.25) is 10.0 Å². The lowest BCUT2D eigenvalue weighted by Crippen LogP contribution is -2.14. The maximum absolute atomic E-state index is 12.4. The monoisotopic (exact) mass is 385 g/mol. The molecule has 1 aliphatic rings. The molecule has 2 aromatic carbocycles. The number of aromatic nitrogens is 2. The van der Waals surface area contributed by atoms with Gasteiger partial charge in [0.2, 0.25) is 5.91 Å². The van der Waals surface area contributed by atoms with Crippen LogP contribution in [0.4, 0.5) is 5.69 Å². The first-order valence-electron chi connectivity index (χ1n) is 8.43. The normalized spacial score (nSPS) is 18.5. The molecule has 4 nitrogen and oxygen atoms in total. The number of hydrogen-bond donors (Lipinski definition) is 1. The minimum Gasteiger partial charge on any atom is -0.323 e. The number of nitrogens with zero attached hydrogens (tertiary/aromatic N) is 2. The van der Waals surface area contributed by atoms with Crippen molar-refractivity contribution in [3.8, 4) is 0 Å². The van der Waals surface area contributed by atoms with Gasteiger partial charge in [0.05, 0.1) is 18.4 Å². The van der Waals surface area contributed by atoms with Gasteiger partial charge in [-0.15, -0.1) is 0 Å². The molecule has 0 radical (unpaired) electrons. The van der Waals surface area contributed by atoms with Gasteiger partial charge < -0.3 is 5.32 Å². The van der Waals surface area contributed by atoms with Gasteiger partial charge in [-0.3, -0.25) is 9.48 Å². The molecule has 1 aliphatic carbocycles. The number of nitrogens with one attached hydrogen (secondary N) is 1. The van der Waals surface area contributed by atoms with E-state index in [1.165, 1.54) is 5.56 Å². The number of amides is 1. The fraction of sp³-hybridized carbons (Fsp3) is 0.200. The lowest BCUT2D eigenvalue weighted by molar-refractivity contribution is -0.117. The molecule has 132 valence electrons. The molecule has 1 amide bonds. The number of carbonyl (C=O) groups excluding carboxylic acids is 1. The van der Waals surface area contributed by atoms with Gasteiger partial charge in [0.25, 0.3) is 0 Å². The lowest BCUT2D eigenvalue weighted by atomic mass is 10.1. The Kier molecular flexibility index (Phi) is 4.70. The molecule has 2 atom stereocenters. The van der Waals surface area contributed by atoms with Crippen LogP contribution in [0.25, 0.3) is 0 Å². The SMILES string of the molecule is O=C(Nc1cnn(Cc2c(Cl)cccc2Cl)c1)[C@@H]1C[C@H]1c1ccccc1. The van der Waals surface area contributed by atoms with Crippen LogP contribution in [-0.4, -0.2) is 15.7 Å².